The third-order valence-electron chi connectivity index (χ3n) is 6.71. The number of amides is 1. The van der Waals surface area contributed by atoms with Gasteiger partial charge in [0.25, 0.3) is 5.91 Å². The summed E-state index contributed by atoms with van der Waals surface area (Å²) in [4.78, 5) is 20.4. The molecule has 0 bridgehead atoms. The van der Waals surface area contributed by atoms with Crippen LogP contribution in [0.15, 0.2) is 66.9 Å². The molecule has 5 aromatic rings. The highest BCUT2D eigenvalue weighted by atomic mass is 19.4. The van der Waals surface area contributed by atoms with Crippen LogP contribution < -0.4 is 20.5 Å². The van der Waals surface area contributed by atoms with Crippen LogP contribution in [0.25, 0.3) is 28.2 Å². The van der Waals surface area contributed by atoms with Crippen LogP contribution in [0, 0.1) is 6.92 Å². The monoisotopic (exact) mass is 630 g/mol. The van der Waals surface area contributed by atoms with Gasteiger partial charge in [0, 0.05) is 22.9 Å². The highest BCUT2D eigenvalue weighted by Crippen LogP contribution is 2.37. The average molecular weight is 631 g/mol. The van der Waals surface area contributed by atoms with Gasteiger partial charge in [-0.25, -0.2) is 14.5 Å². The molecular weight excluding hydrogens is 606 g/mol. The number of hydrogen-bond acceptors (Lipinski definition) is 7. The lowest BCUT2D eigenvalue weighted by Gasteiger charge is -2.13. The fourth-order valence-corrected chi connectivity index (χ4v) is 4.57. The Labute approximate surface area is 251 Å². The fraction of sp³-hybridized carbons (Fsp3) is 0.200. The van der Waals surface area contributed by atoms with E-state index >= 15 is 0 Å². The van der Waals surface area contributed by atoms with Gasteiger partial charge in [0.15, 0.2) is 17.1 Å². The van der Waals surface area contributed by atoms with Crippen LogP contribution in [0.2, 0.25) is 0 Å². The zero-order chi connectivity index (χ0) is 32.5. The van der Waals surface area contributed by atoms with E-state index in [1.807, 2.05) is 0 Å². The van der Waals surface area contributed by atoms with E-state index < -0.39 is 35.2 Å². The second-order valence-corrected chi connectivity index (χ2v) is 9.74. The molecule has 0 aliphatic rings. The molecule has 0 unspecified atom stereocenters. The van der Waals surface area contributed by atoms with Crippen LogP contribution in [0.4, 0.5) is 32.2 Å². The minimum atomic E-state index is -4.70. The molecule has 1 amide bonds. The molecule has 15 heteroatoms. The van der Waals surface area contributed by atoms with Crippen molar-refractivity contribution in [2.24, 2.45) is 0 Å². The largest absolute Gasteiger partial charge is 0.493 e. The summed E-state index contributed by atoms with van der Waals surface area (Å²) in [5.41, 5.74) is 5.63. The van der Waals surface area contributed by atoms with Crippen molar-refractivity contribution in [2.45, 2.75) is 19.3 Å². The second kappa shape index (κ2) is 12.0. The average Bonchev–Trinajstić information content (AvgIpc) is 3.33. The molecule has 234 valence electrons. The third-order valence-corrected chi connectivity index (χ3v) is 6.71. The molecule has 3 heterocycles. The SMILES string of the molecule is COc1cc(-c2ccc3nc(C)c(-c4cnc(N)c(C(F)(F)F)c4)n3n2)ccc1OCCNC(=O)c1cccc(C(F)(F)F)c1. The van der Waals surface area contributed by atoms with Gasteiger partial charge in [-0.1, -0.05) is 6.07 Å². The van der Waals surface area contributed by atoms with E-state index in [1.54, 1.807) is 37.3 Å². The van der Waals surface area contributed by atoms with Gasteiger partial charge >= 0.3 is 12.4 Å². The number of imidazole rings is 1. The van der Waals surface area contributed by atoms with Crippen molar-refractivity contribution in [3.8, 4) is 34.0 Å². The first-order chi connectivity index (χ1) is 21.3. The summed E-state index contributed by atoms with van der Waals surface area (Å²) in [7, 11) is 1.42. The molecule has 0 saturated carbocycles. The van der Waals surface area contributed by atoms with Crippen molar-refractivity contribution < 1.29 is 40.6 Å². The van der Waals surface area contributed by atoms with E-state index in [0.717, 1.165) is 24.3 Å². The predicted molar refractivity (Wildman–Crippen MR) is 152 cm³/mol. The van der Waals surface area contributed by atoms with Crippen molar-refractivity contribution in [3.63, 3.8) is 0 Å². The molecule has 0 fully saturated rings. The molecule has 0 saturated heterocycles. The van der Waals surface area contributed by atoms with E-state index in [9.17, 15) is 31.1 Å². The first-order valence-corrected chi connectivity index (χ1v) is 13.2. The number of nitrogens with two attached hydrogens (primary N) is 1. The summed E-state index contributed by atoms with van der Waals surface area (Å²) in [6, 6.07) is 13.3. The van der Waals surface area contributed by atoms with Crippen LogP contribution >= 0.6 is 0 Å². The first kappa shape index (κ1) is 31.1. The number of benzene rings is 2. The van der Waals surface area contributed by atoms with E-state index in [1.165, 1.54) is 23.9 Å². The minimum absolute atomic E-state index is 0.00297. The van der Waals surface area contributed by atoms with Crippen molar-refractivity contribution >= 4 is 17.4 Å². The third kappa shape index (κ3) is 6.61. The van der Waals surface area contributed by atoms with Crippen LogP contribution in [0.5, 0.6) is 11.5 Å². The molecule has 45 heavy (non-hydrogen) atoms. The van der Waals surface area contributed by atoms with Gasteiger partial charge in [-0.2, -0.15) is 31.4 Å². The van der Waals surface area contributed by atoms with Gasteiger partial charge in [0.2, 0.25) is 0 Å². The number of nitrogens with zero attached hydrogens (tertiary/aromatic N) is 4. The Morgan fingerprint density at radius 2 is 1.73 bits per heavy atom. The number of aryl methyl sites for hydroxylation is 1. The number of alkyl halides is 6. The number of carbonyl (C=O) groups excluding carboxylic acids is 1. The normalized spacial score (nSPS) is 11.9. The number of rotatable bonds is 8. The number of halogens is 6. The molecule has 3 N–H and O–H groups in total. The predicted octanol–water partition coefficient (Wildman–Crippen LogP) is 6.20. The van der Waals surface area contributed by atoms with Crippen LogP contribution in [-0.4, -0.2) is 45.8 Å². The Hall–Kier alpha value is -5.34. The number of aromatic nitrogens is 4. The zero-order valence-corrected chi connectivity index (χ0v) is 23.6. The lowest BCUT2D eigenvalue weighted by molar-refractivity contribution is -0.138. The Balaban J connectivity index is 1.33. The van der Waals surface area contributed by atoms with Gasteiger partial charge in [0.1, 0.15) is 12.4 Å². The number of pyridine rings is 1. The molecule has 3 aromatic heterocycles. The van der Waals surface area contributed by atoms with Gasteiger partial charge < -0.3 is 20.5 Å². The van der Waals surface area contributed by atoms with Gasteiger partial charge in [-0.15, -0.1) is 0 Å². The Bertz CT molecular complexity index is 1890. The number of anilines is 1. The van der Waals surface area contributed by atoms with Crippen LogP contribution in [0.1, 0.15) is 27.2 Å². The molecule has 2 aromatic carbocycles. The lowest BCUT2D eigenvalue weighted by Crippen LogP contribution is -2.28. The van der Waals surface area contributed by atoms with Crippen molar-refractivity contribution in [2.75, 3.05) is 26.0 Å². The molecular formula is C30H24F6N6O3. The van der Waals surface area contributed by atoms with Crippen LogP contribution in [-0.2, 0) is 12.4 Å². The number of fused-ring (bicyclic) bond motifs is 1. The Kier molecular flexibility index (Phi) is 8.28. The number of nitrogen functional groups attached to an aromatic ring is 1. The lowest BCUT2D eigenvalue weighted by atomic mass is 10.1. The van der Waals surface area contributed by atoms with E-state index in [0.29, 0.717) is 39.8 Å². The highest BCUT2D eigenvalue weighted by Gasteiger charge is 2.34. The molecule has 5 rings (SSSR count). The number of nitrogens with one attached hydrogen (secondary N) is 1. The quantitative estimate of drug-likeness (QED) is 0.155. The molecule has 0 aliphatic carbocycles. The van der Waals surface area contributed by atoms with E-state index in [4.69, 9.17) is 15.2 Å². The number of ether oxygens (including phenoxy) is 2. The topological polar surface area (TPSA) is 117 Å². The summed E-state index contributed by atoms with van der Waals surface area (Å²) < 4.78 is 91.9. The minimum Gasteiger partial charge on any atom is -0.493 e. The standard InChI is InChI=1S/C30H24F6N6O3/c1-16-26(19-13-21(30(34,35)36)27(37)39-15-19)42-25(40-16)9-7-22(41-42)17-6-8-23(24(14-17)44-2)45-11-10-38-28(43)18-4-3-5-20(12-18)29(31,32)33/h3-9,12-15H,10-11H2,1-2H3,(H2,37,39)(H,38,43). The summed E-state index contributed by atoms with van der Waals surface area (Å²) in [5.74, 6) is -0.688. The smallest absolute Gasteiger partial charge is 0.419 e. The Morgan fingerprint density at radius 1 is 0.956 bits per heavy atom. The fourth-order valence-electron chi connectivity index (χ4n) is 4.57. The molecule has 0 radical (unpaired) electrons. The van der Waals surface area contributed by atoms with Crippen molar-refractivity contribution in [1.82, 2.24) is 24.9 Å². The van der Waals surface area contributed by atoms with Gasteiger partial charge in [-0.3, -0.25) is 4.79 Å². The summed E-state index contributed by atoms with van der Waals surface area (Å²) >= 11 is 0. The summed E-state index contributed by atoms with van der Waals surface area (Å²) in [6.45, 7) is 1.62. The molecule has 0 atom stereocenters. The molecule has 0 aliphatic heterocycles. The Morgan fingerprint density at radius 3 is 2.44 bits per heavy atom. The molecule has 0 spiro atoms. The first-order valence-electron chi connectivity index (χ1n) is 13.2. The van der Waals surface area contributed by atoms with Gasteiger partial charge in [0.05, 0.1) is 41.9 Å². The molecule has 9 nitrogen and oxygen atoms in total. The maximum atomic E-state index is 13.5. The maximum Gasteiger partial charge on any atom is 0.419 e. The summed E-state index contributed by atoms with van der Waals surface area (Å²) in [6.07, 6.45) is -8.04. The van der Waals surface area contributed by atoms with E-state index in [-0.39, 0.29) is 24.3 Å². The van der Waals surface area contributed by atoms with Gasteiger partial charge in [-0.05, 0) is 61.5 Å². The van der Waals surface area contributed by atoms with Crippen LogP contribution in [0.3, 0.4) is 0 Å². The van der Waals surface area contributed by atoms with Crippen molar-refractivity contribution in [1.29, 1.82) is 0 Å². The second-order valence-electron chi connectivity index (χ2n) is 9.74. The number of carbonyl (C=O) groups is 1. The van der Waals surface area contributed by atoms with Crippen molar-refractivity contribution in [3.05, 3.63) is 89.2 Å². The number of hydrogen-bond donors (Lipinski definition) is 2. The maximum absolute atomic E-state index is 13.5. The van der Waals surface area contributed by atoms with E-state index in [2.05, 4.69) is 20.4 Å². The summed E-state index contributed by atoms with van der Waals surface area (Å²) in [5, 5.41) is 7.12. The highest BCUT2D eigenvalue weighted by molar-refractivity contribution is 5.94. The number of methoxy groups -OCH3 is 1. The zero-order valence-electron chi connectivity index (χ0n) is 23.6.